The quantitative estimate of drug-likeness (QED) is 0.229. The van der Waals surface area contributed by atoms with E-state index in [9.17, 15) is 19.5 Å². The molecule has 45 heavy (non-hydrogen) atoms. The summed E-state index contributed by atoms with van der Waals surface area (Å²) in [6, 6.07) is 14.9. The van der Waals surface area contributed by atoms with Crippen LogP contribution in [0.2, 0.25) is 5.02 Å². The smallest absolute Gasteiger partial charge is 0.253 e. The number of carbonyl (C=O) groups is 3. The number of amides is 3. The largest absolute Gasteiger partial charge is 0.394 e. The van der Waals surface area contributed by atoms with Crippen LogP contribution < -0.4 is 4.90 Å². The Labute approximate surface area is 278 Å². The molecule has 240 valence electrons. The zero-order chi connectivity index (χ0) is 32.5. The lowest BCUT2D eigenvalue weighted by atomic mass is 9.70. The molecule has 3 saturated heterocycles. The molecule has 0 radical (unpaired) electrons. The van der Waals surface area contributed by atoms with Gasteiger partial charge in [0.2, 0.25) is 11.8 Å². The van der Waals surface area contributed by atoms with E-state index in [0.717, 1.165) is 5.56 Å². The molecule has 2 bridgehead atoms. The molecular weight excluding hydrogens is 658 g/mol. The Bertz CT molecular complexity index is 1420. The zero-order valence-corrected chi connectivity index (χ0v) is 28.1. The van der Waals surface area contributed by atoms with Crippen molar-refractivity contribution < 1.29 is 24.2 Å². The van der Waals surface area contributed by atoms with Gasteiger partial charge in [0.05, 0.1) is 30.6 Å². The summed E-state index contributed by atoms with van der Waals surface area (Å²) >= 11 is 9.93. The van der Waals surface area contributed by atoms with Crippen molar-refractivity contribution in [1.82, 2.24) is 9.80 Å². The van der Waals surface area contributed by atoms with E-state index in [-0.39, 0.29) is 41.6 Å². The maximum absolute atomic E-state index is 14.8. The molecule has 2 aromatic carbocycles. The Hall–Kier alpha value is -2.98. The molecule has 3 unspecified atom stereocenters. The molecule has 3 aliphatic heterocycles. The van der Waals surface area contributed by atoms with Crippen molar-refractivity contribution >= 4 is 50.9 Å². The van der Waals surface area contributed by atoms with E-state index in [2.05, 4.69) is 29.1 Å². The number of nitrogens with zero attached hydrogens (tertiary/aromatic N) is 3. The third-order valence-electron chi connectivity index (χ3n) is 9.19. The molecule has 10 heteroatoms. The van der Waals surface area contributed by atoms with Gasteiger partial charge in [0.1, 0.15) is 11.6 Å². The zero-order valence-electron chi connectivity index (χ0n) is 25.7. The highest BCUT2D eigenvalue weighted by molar-refractivity contribution is 9.09. The number of benzene rings is 2. The van der Waals surface area contributed by atoms with Crippen LogP contribution in [0.4, 0.5) is 5.69 Å². The van der Waals surface area contributed by atoms with Crippen molar-refractivity contribution in [1.29, 1.82) is 0 Å². The number of aliphatic hydroxyl groups excluding tert-OH is 1. The summed E-state index contributed by atoms with van der Waals surface area (Å²) in [5.74, 6) is -2.47. The van der Waals surface area contributed by atoms with Crippen molar-refractivity contribution in [3.8, 4) is 0 Å². The maximum atomic E-state index is 14.8. The first-order chi connectivity index (χ1) is 21.6. The number of ether oxygens (including phenoxy) is 1. The van der Waals surface area contributed by atoms with E-state index >= 15 is 0 Å². The second-order valence-electron chi connectivity index (χ2n) is 12.6. The van der Waals surface area contributed by atoms with E-state index in [1.165, 1.54) is 4.90 Å². The highest BCUT2D eigenvalue weighted by Crippen LogP contribution is 2.61. The van der Waals surface area contributed by atoms with Crippen LogP contribution in [-0.2, 0) is 25.7 Å². The number of rotatable bonds is 13. The summed E-state index contributed by atoms with van der Waals surface area (Å²) in [5.41, 5.74) is 0.280. The molecule has 0 aliphatic carbocycles. The van der Waals surface area contributed by atoms with Gasteiger partial charge in [0.15, 0.2) is 0 Å². The van der Waals surface area contributed by atoms with Gasteiger partial charge in [-0.25, -0.2) is 0 Å². The monoisotopic (exact) mass is 697 g/mol. The molecule has 2 aromatic rings. The molecule has 7 atom stereocenters. The van der Waals surface area contributed by atoms with Gasteiger partial charge in [-0.2, -0.15) is 0 Å². The van der Waals surface area contributed by atoms with Crippen LogP contribution in [-0.4, -0.2) is 80.9 Å². The molecule has 8 nitrogen and oxygen atoms in total. The predicted octanol–water partition coefficient (Wildman–Crippen LogP) is 5.23. The number of likely N-dealkylation sites (tertiary alicyclic amines) is 1. The number of aliphatic hydroxyl groups is 1. The van der Waals surface area contributed by atoms with E-state index in [1.54, 1.807) is 46.2 Å². The fourth-order valence-electron chi connectivity index (χ4n) is 7.47. The molecular formula is C35H41BrClN3O5. The fraction of sp³-hybridized carbons (Fsp3) is 0.457. The van der Waals surface area contributed by atoms with E-state index in [4.69, 9.17) is 16.3 Å². The number of fused-ring (bicyclic) bond motifs is 1. The Morgan fingerprint density at radius 3 is 2.38 bits per heavy atom. The lowest BCUT2D eigenvalue weighted by Crippen LogP contribution is -2.59. The van der Waals surface area contributed by atoms with Crippen LogP contribution in [0, 0.1) is 17.8 Å². The maximum Gasteiger partial charge on any atom is 0.253 e. The normalized spacial score (nSPS) is 27.4. The highest BCUT2D eigenvalue weighted by atomic mass is 79.9. The Kier molecular flexibility index (Phi) is 10.2. The lowest BCUT2D eigenvalue weighted by Gasteiger charge is -2.39. The lowest BCUT2D eigenvalue weighted by molar-refractivity contribution is -0.147. The summed E-state index contributed by atoms with van der Waals surface area (Å²) in [6.45, 7) is 12.3. The summed E-state index contributed by atoms with van der Waals surface area (Å²) in [5, 5.41) is 11.2. The Morgan fingerprint density at radius 1 is 1.11 bits per heavy atom. The first-order valence-electron chi connectivity index (χ1n) is 15.4. The van der Waals surface area contributed by atoms with Crippen LogP contribution in [0.1, 0.15) is 32.3 Å². The fourth-order valence-corrected chi connectivity index (χ4v) is 8.53. The number of carbonyl (C=O) groups excluding carboxylic acids is 3. The summed E-state index contributed by atoms with van der Waals surface area (Å²) in [6.07, 6.45) is 3.55. The highest BCUT2D eigenvalue weighted by Gasteiger charge is 2.77. The second-order valence-corrected chi connectivity index (χ2v) is 14.2. The number of anilines is 1. The standard InChI is InChI=1S/C35H41BrClN3O5/c1-5-16-38(20-23-10-8-7-9-11-23)32(42)28-29-33(43)40(26(21-41)18-22(3)4)31(35(29)19-27(36)30(28)45-35)34(44)39(17-6-2)25-14-12-24(37)13-15-25/h5-15,22,26-31,41H,1-2,16-21H2,3-4H3/t26-,27?,28-,29+,30-,31?,35?/m1/s1. The van der Waals surface area contributed by atoms with E-state index < -0.39 is 35.6 Å². The van der Waals surface area contributed by atoms with E-state index in [0.29, 0.717) is 36.6 Å². The second kappa shape index (κ2) is 13.8. The first kappa shape index (κ1) is 33.4. The van der Waals surface area contributed by atoms with Crippen LogP contribution in [0.25, 0.3) is 0 Å². The van der Waals surface area contributed by atoms with Crippen molar-refractivity contribution in [3.63, 3.8) is 0 Å². The molecule has 1 spiro atoms. The molecule has 3 aliphatic rings. The molecule has 3 amide bonds. The van der Waals surface area contributed by atoms with E-state index in [1.807, 2.05) is 44.2 Å². The first-order valence-corrected chi connectivity index (χ1v) is 16.7. The van der Waals surface area contributed by atoms with Crippen molar-refractivity contribution in [3.05, 3.63) is 90.5 Å². The average Bonchev–Trinajstić information content (AvgIpc) is 3.62. The Morgan fingerprint density at radius 2 is 1.78 bits per heavy atom. The molecule has 0 aromatic heterocycles. The molecule has 3 fully saturated rings. The summed E-state index contributed by atoms with van der Waals surface area (Å²) in [4.78, 5) is 48.6. The minimum absolute atomic E-state index is 0.136. The summed E-state index contributed by atoms with van der Waals surface area (Å²) < 4.78 is 6.77. The number of halogens is 2. The van der Waals surface area contributed by atoms with Gasteiger partial charge in [0.25, 0.3) is 5.91 Å². The minimum Gasteiger partial charge on any atom is -0.394 e. The molecule has 5 rings (SSSR count). The minimum atomic E-state index is -1.27. The Balaban J connectivity index is 1.60. The van der Waals surface area contributed by atoms with Gasteiger partial charge < -0.3 is 24.5 Å². The third kappa shape index (κ3) is 6.12. The summed E-state index contributed by atoms with van der Waals surface area (Å²) in [7, 11) is 0. The number of alkyl halides is 1. The number of hydrogen-bond donors (Lipinski definition) is 1. The van der Waals surface area contributed by atoms with Gasteiger partial charge in [-0.1, -0.05) is 83.9 Å². The average molecular weight is 699 g/mol. The predicted molar refractivity (Wildman–Crippen MR) is 179 cm³/mol. The van der Waals surface area contributed by atoms with Gasteiger partial charge in [-0.05, 0) is 48.6 Å². The van der Waals surface area contributed by atoms with Crippen molar-refractivity contribution in [2.75, 3.05) is 24.6 Å². The SMILES string of the molecule is C=CCN(Cc1ccccc1)C(=O)[C@H]1[C@@H]2OC3(CC2Br)C(C(=O)N(CC=C)c2ccc(Cl)cc2)N([C@@H](CO)CC(C)C)C(=O)[C@H]13. The van der Waals surface area contributed by atoms with Crippen LogP contribution in [0.5, 0.6) is 0 Å². The van der Waals surface area contributed by atoms with Gasteiger partial charge in [0, 0.05) is 35.2 Å². The number of hydrogen-bond acceptors (Lipinski definition) is 5. The topological polar surface area (TPSA) is 90.4 Å². The van der Waals surface area contributed by atoms with Gasteiger partial charge >= 0.3 is 0 Å². The van der Waals surface area contributed by atoms with Gasteiger partial charge in [-0.15, -0.1) is 13.2 Å². The van der Waals surface area contributed by atoms with Crippen LogP contribution in [0.15, 0.2) is 79.9 Å². The molecule has 3 heterocycles. The molecule has 0 saturated carbocycles. The van der Waals surface area contributed by atoms with Gasteiger partial charge in [-0.3, -0.25) is 14.4 Å². The van der Waals surface area contributed by atoms with Crippen molar-refractivity contribution in [2.45, 2.75) is 61.8 Å². The van der Waals surface area contributed by atoms with Crippen LogP contribution in [0.3, 0.4) is 0 Å². The van der Waals surface area contributed by atoms with Crippen molar-refractivity contribution in [2.24, 2.45) is 17.8 Å². The molecule has 1 N–H and O–H groups in total. The van der Waals surface area contributed by atoms with Crippen LogP contribution >= 0.6 is 27.5 Å². The third-order valence-corrected chi connectivity index (χ3v) is 10.3.